The molecule has 3 rings (SSSR count). The number of amides is 1. The highest BCUT2D eigenvalue weighted by Crippen LogP contribution is 2.21. The van der Waals surface area contributed by atoms with E-state index in [1.807, 2.05) is 37.3 Å². The maximum absolute atomic E-state index is 12.1. The summed E-state index contributed by atoms with van der Waals surface area (Å²) in [6.45, 7) is 1.92. The van der Waals surface area contributed by atoms with Gasteiger partial charge in [0, 0.05) is 29.8 Å². The molecule has 7 nitrogen and oxygen atoms in total. The minimum absolute atomic E-state index is 0. The number of carbonyl (C=O) groups excluding carboxylic acids is 1. The van der Waals surface area contributed by atoms with E-state index in [2.05, 4.69) is 15.5 Å². The van der Waals surface area contributed by atoms with Crippen molar-refractivity contribution >= 4 is 29.7 Å². The largest absolute Gasteiger partial charge is 0.497 e. The molecule has 0 atom stereocenters. The number of nitrogen functional groups attached to an aromatic ring is 1. The van der Waals surface area contributed by atoms with E-state index in [0.717, 1.165) is 22.6 Å². The summed E-state index contributed by atoms with van der Waals surface area (Å²) in [5, 5.41) is 6.87. The summed E-state index contributed by atoms with van der Waals surface area (Å²) >= 11 is 0. The quantitative estimate of drug-likeness (QED) is 0.578. The molecular formula is C20H23ClN4O3. The summed E-state index contributed by atoms with van der Waals surface area (Å²) in [4.78, 5) is 16.5. The van der Waals surface area contributed by atoms with Crippen molar-refractivity contribution in [3.05, 3.63) is 53.9 Å². The Morgan fingerprint density at radius 2 is 1.96 bits per heavy atom. The van der Waals surface area contributed by atoms with Crippen molar-refractivity contribution < 1.29 is 14.1 Å². The van der Waals surface area contributed by atoms with Gasteiger partial charge in [0.25, 0.3) is 0 Å². The summed E-state index contributed by atoms with van der Waals surface area (Å²) in [6.07, 6.45) is 1.50. The minimum Gasteiger partial charge on any atom is -0.497 e. The van der Waals surface area contributed by atoms with Gasteiger partial charge in [-0.15, -0.1) is 12.4 Å². The van der Waals surface area contributed by atoms with Gasteiger partial charge in [-0.05, 0) is 55.3 Å². The molecule has 148 valence electrons. The van der Waals surface area contributed by atoms with Gasteiger partial charge in [0.1, 0.15) is 5.75 Å². The average Bonchev–Trinajstić information content (AvgIpc) is 3.14. The summed E-state index contributed by atoms with van der Waals surface area (Å²) in [6, 6.07) is 12.9. The number of carbonyl (C=O) groups is 1. The Hall–Kier alpha value is -3.06. The third-order valence-electron chi connectivity index (χ3n) is 4.15. The van der Waals surface area contributed by atoms with Gasteiger partial charge in [0.05, 0.1) is 7.11 Å². The average molecular weight is 403 g/mol. The molecule has 0 radical (unpaired) electrons. The number of benzene rings is 2. The second-order valence-electron chi connectivity index (χ2n) is 6.22. The Morgan fingerprint density at radius 3 is 2.68 bits per heavy atom. The van der Waals surface area contributed by atoms with Crippen LogP contribution in [0.1, 0.15) is 24.3 Å². The molecular weight excluding hydrogens is 380 g/mol. The Bertz CT molecular complexity index is 925. The van der Waals surface area contributed by atoms with Crippen LogP contribution in [0.15, 0.2) is 47.0 Å². The van der Waals surface area contributed by atoms with Crippen molar-refractivity contribution in [3.63, 3.8) is 0 Å². The van der Waals surface area contributed by atoms with Crippen LogP contribution in [0.25, 0.3) is 11.4 Å². The first-order chi connectivity index (χ1) is 13.0. The molecule has 0 saturated heterocycles. The Labute approximate surface area is 169 Å². The number of anilines is 2. The molecule has 3 aromatic rings. The molecule has 0 aliphatic heterocycles. The molecule has 2 aromatic carbocycles. The van der Waals surface area contributed by atoms with Crippen LogP contribution in [0.5, 0.6) is 5.75 Å². The van der Waals surface area contributed by atoms with E-state index in [1.54, 1.807) is 19.2 Å². The van der Waals surface area contributed by atoms with E-state index in [4.69, 9.17) is 15.0 Å². The first kappa shape index (κ1) is 21.2. The highest BCUT2D eigenvalue weighted by molar-refractivity contribution is 5.92. The van der Waals surface area contributed by atoms with E-state index in [1.165, 1.54) is 0 Å². The summed E-state index contributed by atoms with van der Waals surface area (Å²) < 4.78 is 10.4. The number of methoxy groups -OCH3 is 1. The zero-order valence-electron chi connectivity index (χ0n) is 15.8. The van der Waals surface area contributed by atoms with Crippen LogP contribution in [0.3, 0.4) is 0 Å². The normalized spacial score (nSPS) is 10.2. The van der Waals surface area contributed by atoms with Crippen molar-refractivity contribution in [1.29, 1.82) is 0 Å². The van der Waals surface area contributed by atoms with Crippen LogP contribution in [0.2, 0.25) is 0 Å². The predicted molar refractivity (Wildman–Crippen MR) is 111 cm³/mol. The van der Waals surface area contributed by atoms with Crippen molar-refractivity contribution in [2.75, 3.05) is 18.2 Å². The van der Waals surface area contributed by atoms with Crippen molar-refractivity contribution in [2.24, 2.45) is 0 Å². The fourth-order valence-electron chi connectivity index (χ4n) is 2.60. The van der Waals surface area contributed by atoms with Crippen molar-refractivity contribution in [3.8, 4) is 17.1 Å². The van der Waals surface area contributed by atoms with Gasteiger partial charge in [0.15, 0.2) is 0 Å². The number of aryl methyl sites for hydroxylation is 2. The van der Waals surface area contributed by atoms with Crippen LogP contribution in [-0.2, 0) is 11.2 Å². The molecule has 1 heterocycles. The van der Waals surface area contributed by atoms with E-state index < -0.39 is 0 Å². The standard InChI is InChI=1S/C20H22N4O3.ClH/c1-13-6-9-15(21)12-17(13)22-18(25)4-3-5-19-23-20(24-27-19)14-7-10-16(26-2)11-8-14;/h6-12H,3-5,21H2,1-2H3,(H,22,25);1H. The highest BCUT2D eigenvalue weighted by atomic mass is 35.5. The van der Waals surface area contributed by atoms with Crippen LogP contribution in [0, 0.1) is 6.92 Å². The molecule has 0 spiro atoms. The SMILES string of the molecule is COc1ccc(-c2noc(CCCC(=O)Nc3cc(N)ccc3C)n2)cc1.Cl. The van der Waals surface area contributed by atoms with Gasteiger partial charge in [-0.1, -0.05) is 11.2 Å². The summed E-state index contributed by atoms with van der Waals surface area (Å²) in [5.41, 5.74) is 8.93. The van der Waals surface area contributed by atoms with Gasteiger partial charge in [-0.25, -0.2) is 0 Å². The third kappa shape index (κ3) is 5.47. The van der Waals surface area contributed by atoms with E-state index >= 15 is 0 Å². The lowest BCUT2D eigenvalue weighted by atomic mass is 10.1. The maximum atomic E-state index is 12.1. The summed E-state index contributed by atoms with van der Waals surface area (Å²) in [7, 11) is 1.62. The molecule has 3 N–H and O–H groups in total. The molecule has 1 aromatic heterocycles. The Balaban J connectivity index is 0.00000280. The smallest absolute Gasteiger partial charge is 0.226 e. The molecule has 0 aliphatic carbocycles. The van der Waals surface area contributed by atoms with Crippen LogP contribution >= 0.6 is 12.4 Å². The van der Waals surface area contributed by atoms with Gasteiger partial charge >= 0.3 is 0 Å². The van der Waals surface area contributed by atoms with E-state index in [-0.39, 0.29) is 18.3 Å². The minimum atomic E-state index is -0.0707. The molecule has 0 bridgehead atoms. The molecule has 28 heavy (non-hydrogen) atoms. The fraction of sp³-hybridized carbons (Fsp3) is 0.250. The molecule has 1 amide bonds. The molecule has 0 unspecified atom stereocenters. The number of aromatic nitrogens is 2. The number of halogens is 1. The number of hydrogen-bond donors (Lipinski definition) is 2. The van der Waals surface area contributed by atoms with Gasteiger partial charge < -0.3 is 20.3 Å². The first-order valence-corrected chi connectivity index (χ1v) is 8.68. The topological polar surface area (TPSA) is 103 Å². The molecule has 0 fully saturated rings. The van der Waals surface area contributed by atoms with Crippen LogP contribution in [-0.4, -0.2) is 23.2 Å². The molecule has 0 aliphatic rings. The summed E-state index contributed by atoms with van der Waals surface area (Å²) in [5.74, 6) is 1.73. The van der Waals surface area contributed by atoms with Crippen LogP contribution < -0.4 is 15.8 Å². The van der Waals surface area contributed by atoms with E-state index in [0.29, 0.717) is 36.7 Å². The lowest BCUT2D eigenvalue weighted by Crippen LogP contribution is -2.12. The van der Waals surface area contributed by atoms with E-state index in [9.17, 15) is 4.79 Å². The molecule has 8 heteroatoms. The third-order valence-corrected chi connectivity index (χ3v) is 4.15. The Kier molecular flexibility index (Phi) is 7.40. The Morgan fingerprint density at radius 1 is 1.21 bits per heavy atom. The van der Waals surface area contributed by atoms with Crippen molar-refractivity contribution in [2.45, 2.75) is 26.2 Å². The maximum Gasteiger partial charge on any atom is 0.226 e. The zero-order chi connectivity index (χ0) is 19.2. The fourth-order valence-corrected chi connectivity index (χ4v) is 2.60. The monoisotopic (exact) mass is 402 g/mol. The van der Waals surface area contributed by atoms with Crippen molar-refractivity contribution in [1.82, 2.24) is 10.1 Å². The van der Waals surface area contributed by atoms with Crippen LogP contribution in [0.4, 0.5) is 11.4 Å². The predicted octanol–water partition coefficient (Wildman–Crippen LogP) is 4.02. The number of nitrogens with one attached hydrogen (secondary N) is 1. The van der Waals surface area contributed by atoms with Gasteiger partial charge in [-0.3, -0.25) is 4.79 Å². The van der Waals surface area contributed by atoms with Gasteiger partial charge in [0.2, 0.25) is 17.6 Å². The number of nitrogens with zero attached hydrogens (tertiary/aromatic N) is 2. The second kappa shape index (κ2) is 9.75. The lowest BCUT2D eigenvalue weighted by Gasteiger charge is -2.08. The van der Waals surface area contributed by atoms with Gasteiger partial charge in [-0.2, -0.15) is 4.98 Å². The second-order valence-corrected chi connectivity index (χ2v) is 6.22. The lowest BCUT2D eigenvalue weighted by molar-refractivity contribution is -0.116. The number of ether oxygens (including phenoxy) is 1. The number of rotatable bonds is 7. The number of nitrogens with two attached hydrogens (primary N) is 1. The highest BCUT2D eigenvalue weighted by Gasteiger charge is 2.10. The number of hydrogen-bond acceptors (Lipinski definition) is 6. The molecule has 0 saturated carbocycles. The zero-order valence-corrected chi connectivity index (χ0v) is 16.6. The first-order valence-electron chi connectivity index (χ1n) is 8.68.